The summed E-state index contributed by atoms with van der Waals surface area (Å²) in [5.41, 5.74) is 2.79. The van der Waals surface area contributed by atoms with E-state index >= 15 is 0 Å². The van der Waals surface area contributed by atoms with Gasteiger partial charge in [0.05, 0.1) is 6.61 Å². The lowest BCUT2D eigenvalue weighted by atomic mass is 9.96. The van der Waals surface area contributed by atoms with E-state index in [1.54, 1.807) is 6.07 Å². The lowest BCUT2D eigenvalue weighted by Gasteiger charge is -2.33. The fraction of sp³-hybridized carbons (Fsp3) is 0.316. The summed E-state index contributed by atoms with van der Waals surface area (Å²) in [6.07, 6.45) is 1.08. The third kappa shape index (κ3) is 2.69. The van der Waals surface area contributed by atoms with Crippen molar-refractivity contribution in [1.29, 1.82) is 0 Å². The van der Waals surface area contributed by atoms with Crippen LogP contribution in [0.4, 0.5) is 4.39 Å². The molecule has 0 radical (unpaired) electrons. The Kier molecular flexibility index (Phi) is 3.71. The molecular formula is C19H18FNO2. The minimum atomic E-state index is -0.238. The van der Waals surface area contributed by atoms with Gasteiger partial charge in [0.2, 0.25) is 0 Å². The van der Waals surface area contributed by atoms with Gasteiger partial charge in [0, 0.05) is 30.1 Å². The third-order valence-electron chi connectivity index (χ3n) is 4.75. The summed E-state index contributed by atoms with van der Waals surface area (Å²) in [7, 11) is 0. The van der Waals surface area contributed by atoms with Crippen LogP contribution in [-0.4, -0.2) is 29.9 Å². The average molecular weight is 311 g/mol. The molecule has 2 aliphatic rings. The van der Waals surface area contributed by atoms with Crippen LogP contribution in [-0.2, 0) is 11.2 Å². The maximum absolute atomic E-state index is 13.6. The van der Waals surface area contributed by atoms with Gasteiger partial charge >= 0.3 is 0 Å². The third-order valence-corrected chi connectivity index (χ3v) is 4.75. The highest BCUT2D eigenvalue weighted by molar-refractivity contribution is 5.96. The zero-order chi connectivity index (χ0) is 15.8. The molecule has 1 saturated heterocycles. The first-order chi connectivity index (χ1) is 11.2. The van der Waals surface area contributed by atoms with Gasteiger partial charge in [0.1, 0.15) is 12.0 Å². The van der Waals surface area contributed by atoms with Crippen LogP contribution in [0.15, 0.2) is 48.5 Å². The Hall–Kier alpha value is -2.04. The van der Waals surface area contributed by atoms with Gasteiger partial charge < -0.3 is 4.74 Å². The Morgan fingerprint density at radius 1 is 1.22 bits per heavy atom. The highest BCUT2D eigenvalue weighted by Crippen LogP contribution is 2.38. The van der Waals surface area contributed by atoms with Crippen molar-refractivity contribution in [3.05, 3.63) is 71.0 Å². The van der Waals surface area contributed by atoms with E-state index in [1.807, 2.05) is 36.4 Å². The molecule has 3 nitrogen and oxygen atoms in total. The van der Waals surface area contributed by atoms with E-state index in [9.17, 15) is 9.18 Å². The first kappa shape index (κ1) is 14.5. The topological polar surface area (TPSA) is 29.5 Å². The Morgan fingerprint density at radius 2 is 2.04 bits per heavy atom. The number of rotatable bonds is 3. The molecule has 1 fully saturated rings. The molecule has 2 aromatic carbocycles. The quantitative estimate of drug-likeness (QED) is 0.814. The molecule has 0 N–H and O–H groups in total. The number of benzene rings is 2. The Balaban J connectivity index is 1.53. The highest BCUT2D eigenvalue weighted by atomic mass is 19.1. The summed E-state index contributed by atoms with van der Waals surface area (Å²) in [6, 6.07) is 14.3. The number of ether oxygens (including phenoxy) is 1. The molecule has 2 atom stereocenters. The molecule has 2 aromatic rings. The number of carbonyl (C=O) groups excluding carboxylic acids is 1. The number of fused-ring (bicyclic) bond motifs is 3. The fourth-order valence-electron chi connectivity index (χ4n) is 3.56. The summed E-state index contributed by atoms with van der Waals surface area (Å²) in [5.74, 6) is -0.108. The van der Waals surface area contributed by atoms with E-state index < -0.39 is 0 Å². The summed E-state index contributed by atoms with van der Waals surface area (Å²) in [4.78, 5) is 14.6. The second kappa shape index (κ2) is 5.87. The van der Waals surface area contributed by atoms with Crippen molar-refractivity contribution in [2.75, 3.05) is 13.2 Å². The van der Waals surface area contributed by atoms with E-state index in [2.05, 4.69) is 4.90 Å². The number of nitrogens with zero attached hydrogens (tertiary/aromatic N) is 1. The number of hydrogen-bond donors (Lipinski definition) is 0. The molecule has 4 heteroatoms. The van der Waals surface area contributed by atoms with E-state index in [4.69, 9.17) is 4.74 Å². The maximum atomic E-state index is 13.6. The van der Waals surface area contributed by atoms with Crippen LogP contribution in [0.25, 0.3) is 0 Å². The second-order valence-electron chi connectivity index (χ2n) is 6.16. The second-order valence-corrected chi connectivity index (χ2v) is 6.16. The molecule has 0 aliphatic carbocycles. The van der Waals surface area contributed by atoms with E-state index in [-0.39, 0.29) is 23.9 Å². The molecule has 0 bridgehead atoms. The van der Waals surface area contributed by atoms with Crippen molar-refractivity contribution in [2.45, 2.75) is 25.1 Å². The fourth-order valence-corrected chi connectivity index (χ4v) is 3.56. The van der Waals surface area contributed by atoms with Crippen LogP contribution in [0.1, 0.15) is 34.1 Å². The number of hydrogen-bond acceptors (Lipinski definition) is 3. The van der Waals surface area contributed by atoms with Crippen LogP contribution in [0.3, 0.4) is 0 Å². The monoisotopic (exact) mass is 311 g/mol. The number of carbonyl (C=O) groups is 1. The number of Topliss-reactive ketones (excluding diaryl/α,β-unsaturated/α-hetero) is 1. The van der Waals surface area contributed by atoms with Gasteiger partial charge in [0.15, 0.2) is 5.78 Å². The minimum absolute atomic E-state index is 0.0594. The highest BCUT2D eigenvalue weighted by Gasteiger charge is 2.39. The molecule has 0 aromatic heterocycles. The van der Waals surface area contributed by atoms with E-state index in [1.165, 1.54) is 6.07 Å². The molecular weight excluding hydrogens is 293 g/mol. The van der Waals surface area contributed by atoms with Crippen molar-refractivity contribution >= 4 is 5.78 Å². The van der Waals surface area contributed by atoms with E-state index in [0.717, 1.165) is 29.7 Å². The first-order valence-electron chi connectivity index (χ1n) is 7.96. The molecule has 118 valence electrons. The first-order valence-corrected chi connectivity index (χ1v) is 7.96. The largest absolute Gasteiger partial charge is 0.357 e. The zero-order valence-corrected chi connectivity index (χ0v) is 12.7. The number of ketones is 1. The molecule has 4 rings (SSSR count). The number of halogens is 1. The SMILES string of the molecule is O=C(CC1COC2c3cc(F)ccc3CCN12)c1ccccc1. The van der Waals surface area contributed by atoms with Gasteiger partial charge in [0.25, 0.3) is 0 Å². The summed E-state index contributed by atoms with van der Waals surface area (Å²) < 4.78 is 19.4. The van der Waals surface area contributed by atoms with Gasteiger partial charge in [-0.05, 0) is 24.1 Å². The van der Waals surface area contributed by atoms with Crippen molar-refractivity contribution in [1.82, 2.24) is 4.90 Å². The smallest absolute Gasteiger partial charge is 0.164 e. The lowest BCUT2D eigenvalue weighted by Crippen LogP contribution is -2.39. The van der Waals surface area contributed by atoms with Gasteiger partial charge in [-0.25, -0.2) is 4.39 Å². The van der Waals surface area contributed by atoms with Gasteiger partial charge in [-0.1, -0.05) is 36.4 Å². The summed E-state index contributed by atoms with van der Waals surface area (Å²) >= 11 is 0. The van der Waals surface area contributed by atoms with Gasteiger partial charge in [-0.15, -0.1) is 0 Å². The Morgan fingerprint density at radius 3 is 2.87 bits per heavy atom. The molecule has 2 heterocycles. The van der Waals surface area contributed by atoms with Crippen molar-refractivity contribution < 1.29 is 13.9 Å². The van der Waals surface area contributed by atoms with Gasteiger partial charge in [-0.3, -0.25) is 9.69 Å². The van der Waals surface area contributed by atoms with E-state index in [0.29, 0.717) is 13.0 Å². The standard InChI is InChI=1S/C19H18FNO2/c20-15-7-6-13-8-9-21-16(12-23-19(21)17(13)10-15)11-18(22)14-4-2-1-3-5-14/h1-7,10,16,19H,8-9,11-12H2. The van der Waals surface area contributed by atoms with Gasteiger partial charge in [-0.2, -0.15) is 0 Å². The predicted octanol–water partition coefficient (Wildman–Crippen LogP) is 3.35. The molecule has 0 saturated carbocycles. The lowest BCUT2D eigenvalue weighted by molar-refractivity contribution is 0.0213. The summed E-state index contributed by atoms with van der Waals surface area (Å²) in [6.45, 7) is 1.36. The Labute approximate surface area is 134 Å². The van der Waals surface area contributed by atoms with Crippen LogP contribution in [0.5, 0.6) is 0 Å². The summed E-state index contributed by atoms with van der Waals surface area (Å²) in [5, 5.41) is 0. The zero-order valence-electron chi connectivity index (χ0n) is 12.7. The van der Waals surface area contributed by atoms with Crippen LogP contribution < -0.4 is 0 Å². The van der Waals surface area contributed by atoms with Crippen LogP contribution in [0, 0.1) is 5.82 Å². The normalized spacial score (nSPS) is 23.3. The molecule has 0 amide bonds. The molecule has 2 aliphatic heterocycles. The minimum Gasteiger partial charge on any atom is -0.357 e. The average Bonchev–Trinajstić information content (AvgIpc) is 2.99. The molecule has 23 heavy (non-hydrogen) atoms. The van der Waals surface area contributed by atoms with Crippen molar-refractivity contribution in [2.24, 2.45) is 0 Å². The van der Waals surface area contributed by atoms with Crippen LogP contribution >= 0.6 is 0 Å². The van der Waals surface area contributed by atoms with Crippen molar-refractivity contribution in [3.63, 3.8) is 0 Å². The van der Waals surface area contributed by atoms with Crippen molar-refractivity contribution in [3.8, 4) is 0 Å². The Bertz CT molecular complexity index is 731. The molecule has 2 unspecified atom stereocenters. The van der Waals surface area contributed by atoms with Crippen LogP contribution in [0.2, 0.25) is 0 Å². The molecule has 0 spiro atoms. The maximum Gasteiger partial charge on any atom is 0.164 e. The predicted molar refractivity (Wildman–Crippen MR) is 84.7 cm³/mol.